The highest BCUT2D eigenvalue weighted by Gasteiger charge is 2.37. The molecule has 3 saturated carbocycles. The molecule has 0 N–H and O–H groups in total. The van der Waals surface area contributed by atoms with E-state index in [4.69, 9.17) is 37.9 Å². The molecule has 0 unspecified atom stereocenters. The second kappa shape index (κ2) is 27.8. The molecule has 0 bridgehead atoms. The summed E-state index contributed by atoms with van der Waals surface area (Å²) >= 11 is 0. The van der Waals surface area contributed by atoms with Gasteiger partial charge in [-0.15, -0.1) is 0 Å². The molecular formula is C58H76O16. The molecule has 404 valence electrons. The van der Waals surface area contributed by atoms with E-state index in [1.54, 1.807) is 0 Å². The van der Waals surface area contributed by atoms with Gasteiger partial charge in [-0.3, -0.25) is 28.8 Å². The molecule has 0 aliphatic heterocycles. The van der Waals surface area contributed by atoms with Gasteiger partial charge in [-0.05, 0) is 203 Å². The molecule has 16 heteroatoms. The third-order valence-corrected chi connectivity index (χ3v) is 15.4. The average Bonchev–Trinajstić information content (AvgIpc) is 3.41. The van der Waals surface area contributed by atoms with Crippen molar-refractivity contribution in [3.8, 4) is 23.0 Å². The number of hydrogen-bond donors (Lipinski definition) is 0. The summed E-state index contributed by atoms with van der Waals surface area (Å²) in [4.78, 5) is 102. The van der Waals surface area contributed by atoms with Crippen LogP contribution in [0.15, 0.2) is 25.3 Å². The van der Waals surface area contributed by atoms with Crippen molar-refractivity contribution in [3.05, 3.63) is 69.8 Å². The van der Waals surface area contributed by atoms with Gasteiger partial charge in [0.2, 0.25) is 0 Å². The molecule has 0 heterocycles. The quantitative estimate of drug-likeness (QED) is 0.0353. The minimum Gasteiger partial charge on any atom is -0.465 e. The van der Waals surface area contributed by atoms with Gasteiger partial charge in [-0.1, -0.05) is 13.2 Å². The number of esters is 8. The van der Waals surface area contributed by atoms with Crippen LogP contribution in [0.1, 0.15) is 147 Å². The van der Waals surface area contributed by atoms with E-state index < -0.39 is 23.8 Å². The highest BCUT2D eigenvalue weighted by molar-refractivity contribution is 5.83. The summed E-state index contributed by atoms with van der Waals surface area (Å²) in [6, 6.07) is 0. The Hall–Kier alpha value is -6.32. The first-order valence-corrected chi connectivity index (χ1v) is 26.3. The Morgan fingerprint density at radius 3 is 0.689 bits per heavy atom. The van der Waals surface area contributed by atoms with E-state index in [1.807, 2.05) is 55.4 Å². The number of rotatable bonds is 22. The zero-order valence-corrected chi connectivity index (χ0v) is 44.7. The molecule has 16 nitrogen and oxygen atoms in total. The summed E-state index contributed by atoms with van der Waals surface area (Å²) in [5.74, 6) is -3.54. The van der Waals surface area contributed by atoms with Crippen LogP contribution in [0.5, 0.6) is 23.0 Å². The van der Waals surface area contributed by atoms with Gasteiger partial charge >= 0.3 is 47.8 Å². The van der Waals surface area contributed by atoms with Crippen LogP contribution >= 0.6 is 0 Å². The topological polar surface area (TPSA) is 210 Å². The molecule has 3 aliphatic rings. The summed E-state index contributed by atoms with van der Waals surface area (Å²) in [7, 11) is 0. The largest absolute Gasteiger partial charge is 0.465 e. The second-order valence-corrected chi connectivity index (χ2v) is 20.1. The molecule has 3 fully saturated rings. The van der Waals surface area contributed by atoms with Crippen molar-refractivity contribution < 1.29 is 76.3 Å². The summed E-state index contributed by atoms with van der Waals surface area (Å²) in [6.07, 6.45) is 10.2. The van der Waals surface area contributed by atoms with E-state index in [0.29, 0.717) is 170 Å². The fourth-order valence-electron chi connectivity index (χ4n) is 9.98. The monoisotopic (exact) mass is 1030 g/mol. The number of ether oxygens (including phenoxy) is 8. The van der Waals surface area contributed by atoms with Gasteiger partial charge < -0.3 is 37.9 Å². The van der Waals surface area contributed by atoms with Crippen molar-refractivity contribution >= 4 is 47.8 Å². The van der Waals surface area contributed by atoms with Gasteiger partial charge in [-0.25, -0.2) is 9.59 Å². The lowest BCUT2D eigenvalue weighted by Gasteiger charge is -2.28. The zero-order valence-electron chi connectivity index (χ0n) is 44.7. The lowest BCUT2D eigenvalue weighted by Crippen LogP contribution is -2.31. The van der Waals surface area contributed by atoms with Crippen molar-refractivity contribution in [2.45, 2.75) is 158 Å². The van der Waals surface area contributed by atoms with E-state index >= 15 is 0 Å². The number of benzene rings is 2. The van der Waals surface area contributed by atoms with E-state index in [1.165, 1.54) is 0 Å². The molecular weight excluding hydrogens is 953 g/mol. The normalized spacial score (nSPS) is 20.5. The molecule has 2 aromatic carbocycles. The Labute approximate surface area is 435 Å². The molecule has 0 saturated heterocycles. The minimum absolute atomic E-state index is 0.228. The Morgan fingerprint density at radius 1 is 0.324 bits per heavy atom. The third-order valence-electron chi connectivity index (χ3n) is 15.4. The van der Waals surface area contributed by atoms with Crippen LogP contribution in [-0.2, 0) is 57.3 Å². The molecule has 0 radical (unpaired) electrons. The van der Waals surface area contributed by atoms with Crippen LogP contribution < -0.4 is 18.9 Å². The van der Waals surface area contributed by atoms with Crippen LogP contribution in [0.2, 0.25) is 0 Å². The molecule has 0 aromatic heterocycles. The van der Waals surface area contributed by atoms with E-state index in [2.05, 4.69) is 13.2 Å². The number of carbonyl (C=O) groups is 8. The summed E-state index contributed by atoms with van der Waals surface area (Å²) < 4.78 is 45.0. The molecule has 74 heavy (non-hydrogen) atoms. The zero-order chi connectivity index (χ0) is 54.2. The fraction of sp³-hybridized carbons (Fsp3) is 0.586. The number of unbranched alkanes of at least 4 members (excludes halogenated alkanes) is 2. The first-order chi connectivity index (χ1) is 35.3. The molecule has 2 aromatic rings. The summed E-state index contributed by atoms with van der Waals surface area (Å²) in [6.45, 7) is 22.3. The van der Waals surface area contributed by atoms with Crippen LogP contribution in [0.25, 0.3) is 0 Å². The van der Waals surface area contributed by atoms with E-state index in [9.17, 15) is 38.4 Å². The van der Waals surface area contributed by atoms with E-state index in [-0.39, 0.29) is 85.9 Å². The molecule has 3 aliphatic carbocycles. The molecule has 0 atom stereocenters. The summed E-state index contributed by atoms with van der Waals surface area (Å²) in [5.41, 5.74) is 5.47. The van der Waals surface area contributed by atoms with Crippen molar-refractivity contribution in [1.29, 1.82) is 0 Å². The Balaban J connectivity index is 1.07. The van der Waals surface area contributed by atoms with E-state index in [0.717, 1.165) is 12.2 Å². The van der Waals surface area contributed by atoms with Gasteiger partial charge in [0.05, 0.1) is 61.9 Å². The average molecular weight is 1030 g/mol. The lowest BCUT2D eigenvalue weighted by atomic mass is 9.82. The lowest BCUT2D eigenvalue weighted by molar-refractivity contribution is -0.152. The number of hydrogen-bond acceptors (Lipinski definition) is 16. The van der Waals surface area contributed by atoms with Crippen molar-refractivity contribution in [1.82, 2.24) is 0 Å². The second-order valence-electron chi connectivity index (χ2n) is 20.1. The Morgan fingerprint density at radius 2 is 0.500 bits per heavy atom. The highest BCUT2D eigenvalue weighted by Crippen LogP contribution is 2.42. The molecule has 0 amide bonds. The van der Waals surface area contributed by atoms with Gasteiger partial charge in [-0.2, -0.15) is 0 Å². The van der Waals surface area contributed by atoms with Crippen molar-refractivity contribution in [2.75, 3.05) is 26.4 Å². The summed E-state index contributed by atoms with van der Waals surface area (Å²) in [5, 5.41) is 0. The first kappa shape index (κ1) is 58.6. The van der Waals surface area contributed by atoms with Gasteiger partial charge in [0.15, 0.2) is 0 Å². The SMILES string of the molecule is C=CC(=O)OCCCCOC(=O)C1CCC(C(=O)Oc2c(C)c(C)c(OC(=O)C3CCC(C(=O)Oc4c(C)c(C)c(OC(=O)C5CCC(C(=O)OCCCCOC(=O)C=C)CC5)c(C)c4C)CC3)c(C)c2C)CC1. The van der Waals surface area contributed by atoms with Crippen molar-refractivity contribution in [3.63, 3.8) is 0 Å². The minimum atomic E-state index is -0.489. The van der Waals surface area contributed by atoms with Crippen LogP contribution in [0.4, 0.5) is 0 Å². The maximum absolute atomic E-state index is 13.7. The smallest absolute Gasteiger partial charge is 0.330 e. The van der Waals surface area contributed by atoms with Crippen LogP contribution in [0, 0.1) is 90.9 Å². The molecule has 0 spiro atoms. The maximum Gasteiger partial charge on any atom is 0.330 e. The third kappa shape index (κ3) is 15.4. The van der Waals surface area contributed by atoms with Gasteiger partial charge in [0.1, 0.15) is 23.0 Å². The van der Waals surface area contributed by atoms with Crippen LogP contribution in [-0.4, -0.2) is 74.2 Å². The predicted octanol–water partition coefficient (Wildman–Crippen LogP) is 10.0. The van der Waals surface area contributed by atoms with Gasteiger partial charge in [0.25, 0.3) is 0 Å². The Bertz CT molecular complexity index is 2200. The first-order valence-electron chi connectivity index (χ1n) is 26.3. The fourth-order valence-corrected chi connectivity index (χ4v) is 9.98. The standard InChI is InChI=1S/C58H76O16/c1-11-47(59)67-29-13-15-31-69-53(61)41-17-21-43(22-18-41)55(63)71-49-33(3)37(7)51(38(8)34(49)4)73-57(65)45-25-27-46(28-26-45)58(66)74-52-39(9)35(5)50(36(6)40(52)10)72-56(64)44-23-19-42(20-24-44)54(62)70-32-16-14-30-68-48(60)12-2/h11-12,41-46H,1-2,13-32H2,3-10H3. The predicted molar refractivity (Wildman–Crippen MR) is 272 cm³/mol. The van der Waals surface area contributed by atoms with Crippen molar-refractivity contribution in [2.24, 2.45) is 35.5 Å². The number of carbonyl (C=O) groups excluding carboxylic acids is 8. The highest BCUT2D eigenvalue weighted by atomic mass is 16.6. The van der Waals surface area contributed by atoms with Gasteiger partial charge in [0, 0.05) is 12.2 Å². The molecule has 5 rings (SSSR count). The van der Waals surface area contributed by atoms with Crippen LogP contribution in [0.3, 0.4) is 0 Å². The Kier molecular flexibility index (Phi) is 22.0. The maximum atomic E-state index is 13.7.